The lowest BCUT2D eigenvalue weighted by atomic mass is 10.1. The summed E-state index contributed by atoms with van der Waals surface area (Å²) in [7, 11) is 0. The number of nitro benzene ring substituents is 1. The first-order valence-electron chi connectivity index (χ1n) is 9.16. The van der Waals surface area contributed by atoms with E-state index in [1.54, 1.807) is 0 Å². The highest BCUT2D eigenvalue weighted by Gasteiger charge is 2.38. The number of nitro groups is 1. The van der Waals surface area contributed by atoms with Crippen LogP contribution in [0.15, 0.2) is 65.5 Å². The van der Waals surface area contributed by atoms with Gasteiger partial charge in [-0.15, -0.1) is 0 Å². The Kier molecular flexibility index (Phi) is 7.67. The Hall–Kier alpha value is -4.06. The highest BCUT2D eigenvalue weighted by molar-refractivity contribution is 5.87. The van der Waals surface area contributed by atoms with Crippen LogP contribution >= 0.6 is 0 Å². The van der Waals surface area contributed by atoms with E-state index in [2.05, 4.69) is 0 Å². The molecule has 0 aliphatic carbocycles. The summed E-state index contributed by atoms with van der Waals surface area (Å²) in [6.45, 7) is 1.98. The summed E-state index contributed by atoms with van der Waals surface area (Å²) in [5.41, 5.74) is -0.190. The Morgan fingerprint density at radius 3 is 2.15 bits per heavy atom. The zero-order valence-corrected chi connectivity index (χ0v) is 16.9. The quantitative estimate of drug-likeness (QED) is 0.334. The van der Waals surface area contributed by atoms with E-state index in [1.807, 2.05) is 37.3 Å². The molecule has 3 N–H and O–H groups in total. The maximum absolute atomic E-state index is 14.0. The molecule has 0 spiro atoms. The second-order valence-electron chi connectivity index (χ2n) is 6.64. The van der Waals surface area contributed by atoms with Crippen LogP contribution in [0.25, 0.3) is 5.69 Å². The summed E-state index contributed by atoms with van der Waals surface area (Å²) in [4.78, 5) is 32.8. The Balaban J connectivity index is 0.000000357. The van der Waals surface area contributed by atoms with Gasteiger partial charge in [-0.3, -0.25) is 19.5 Å². The molecule has 0 fully saturated rings. The van der Waals surface area contributed by atoms with Crippen molar-refractivity contribution in [3.05, 3.63) is 104 Å². The molecule has 1 atom stereocenters. The van der Waals surface area contributed by atoms with Gasteiger partial charge in [-0.1, -0.05) is 36.4 Å². The molecule has 2 aromatic carbocycles. The summed E-state index contributed by atoms with van der Waals surface area (Å²) >= 11 is 0. The molecule has 0 saturated heterocycles. The maximum atomic E-state index is 14.0. The maximum Gasteiger partial charge on any atom is 0.431 e. The molecule has 1 heterocycles. The summed E-state index contributed by atoms with van der Waals surface area (Å²) in [6.07, 6.45) is -5.19. The predicted molar refractivity (Wildman–Crippen MR) is 110 cm³/mol. The minimum Gasteiger partial charge on any atom is -0.477 e. The van der Waals surface area contributed by atoms with Crippen molar-refractivity contribution >= 4 is 11.7 Å². The van der Waals surface area contributed by atoms with Crippen LogP contribution in [-0.2, 0) is 6.18 Å². The van der Waals surface area contributed by atoms with Gasteiger partial charge in [-0.25, -0.2) is 9.18 Å². The predicted octanol–water partition coefficient (Wildman–Crippen LogP) is 4.31. The fraction of sp³-hybridized carbons (Fsp3) is 0.143. The zero-order chi connectivity index (χ0) is 24.9. The van der Waals surface area contributed by atoms with Crippen molar-refractivity contribution < 1.29 is 32.4 Å². The van der Waals surface area contributed by atoms with Gasteiger partial charge in [0.2, 0.25) is 0 Å². The summed E-state index contributed by atoms with van der Waals surface area (Å²) in [5.74, 6) is -3.35. The SMILES string of the molecule is C[C@@H](N)c1ccccc1.O=C(O)c1ccc(C(F)(F)F)n(-c2c(F)cccc2[N+](=O)[O-])c1=O. The van der Waals surface area contributed by atoms with Crippen LogP contribution in [0.4, 0.5) is 23.2 Å². The number of carboxylic acid groups (broad SMARTS) is 1. The molecule has 12 heteroatoms. The van der Waals surface area contributed by atoms with Crippen molar-refractivity contribution in [2.45, 2.75) is 19.1 Å². The minimum absolute atomic E-state index is 0.159. The molecule has 0 bridgehead atoms. The number of pyridine rings is 1. The molecule has 8 nitrogen and oxygen atoms in total. The highest BCUT2D eigenvalue weighted by atomic mass is 19.4. The molecular weight excluding hydrogens is 450 g/mol. The number of nitrogens with zero attached hydrogens (tertiary/aromatic N) is 2. The van der Waals surface area contributed by atoms with Crippen LogP contribution in [0, 0.1) is 15.9 Å². The number of rotatable bonds is 4. The van der Waals surface area contributed by atoms with Gasteiger partial charge >= 0.3 is 12.1 Å². The third-order valence-corrected chi connectivity index (χ3v) is 4.31. The van der Waals surface area contributed by atoms with Crippen molar-refractivity contribution in [1.82, 2.24) is 4.57 Å². The highest BCUT2D eigenvalue weighted by Crippen LogP contribution is 2.33. The second-order valence-corrected chi connectivity index (χ2v) is 6.64. The summed E-state index contributed by atoms with van der Waals surface area (Å²) in [6, 6.07) is 13.0. The average Bonchev–Trinajstić information content (AvgIpc) is 2.73. The van der Waals surface area contributed by atoms with Crippen LogP contribution < -0.4 is 11.3 Å². The first-order valence-corrected chi connectivity index (χ1v) is 9.16. The number of para-hydroxylation sites is 1. The van der Waals surface area contributed by atoms with Crippen LogP contribution in [0.5, 0.6) is 0 Å². The molecule has 0 saturated carbocycles. The zero-order valence-electron chi connectivity index (χ0n) is 16.9. The minimum atomic E-state index is -5.19. The Bertz CT molecular complexity index is 1220. The number of carboxylic acids is 1. The third-order valence-electron chi connectivity index (χ3n) is 4.31. The van der Waals surface area contributed by atoms with Gasteiger partial charge in [0, 0.05) is 12.1 Å². The average molecular weight is 467 g/mol. The number of aromatic nitrogens is 1. The fourth-order valence-electron chi connectivity index (χ4n) is 2.77. The number of benzene rings is 2. The van der Waals surface area contributed by atoms with E-state index in [9.17, 15) is 37.3 Å². The van der Waals surface area contributed by atoms with Gasteiger partial charge in [0.25, 0.3) is 11.2 Å². The number of hydrogen-bond donors (Lipinski definition) is 2. The van der Waals surface area contributed by atoms with E-state index < -0.39 is 51.1 Å². The lowest BCUT2D eigenvalue weighted by Gasteiger charge is -2.16. The monoisotopic (exact) mass is 467 g/mol. The summed E-state index contributed by atoms with van der Waals surface area (Å²) in [5, 5.41) is 19.8. The molecule has 0 aliphatic heterocycles. The van der Waals surface area contributed by atoms with E-state index in [4.69, 9.17) is 10.8 Å². The van der Waals surface area contributed by atoms with Crippen molar-refractivity contribution in [3.63, 3.8) is 0 Å². The molecule has 0 unspecified atom stereocenters. The number of carbonyl (C=O) groups is 1. The van der Waals surface area contributed by atoms with Gasteiger partial charge in [-0.2, -0.15) is 13.2 Å². The molecule has 0 radical (unpaired) electrons. The normalized spacial score (nSPS) is 11.8. The van der Waals surface area contributed by atoms with Gasteiger partial charge in [0.05, 0.1) is 4.92 Å². The van der Waals surface area contributed by atoms with Crippen molar-refractivity contribution in [1.29, 1.82) is 0 Å². The molecule has 3 aromatic rings. The standard InChI is InChI=1S/C13H6F4N2O5.C8H11N/c14-7-2-1-3-8(19(23)24)10(7)18-9(13(15,16)17)5-4-6(11(18)20)12(21)22;1-7(9)8-5-3-2-4-6-8/h1-5H,(H,21,22);2-7H,9H2,1H3/t;7-/m.1/s1. The van der Waals surface area contributed by atoms with Crippen LogP contribution in [0.2, 0.25) is 0 Å². The van der Waals surface area contributed by atoms with E-state index in [-0.39, 0.29) is 16.7 Å². The van der Waals surface area contributed by atoms with Crippen molar-refractivity contribution in [2.75, 3.05) is 0 Å². The largest absolute Gasteiger partial charge is 0.477 e. The first kappa shape index (κ1) is 25.2. The molecular formula is C21H17F4N3O5. The van der Waals surface area contributed by atoms with E-state index in [0.29, 0.717) is 18.2 Å². The Labute approximate surface area is 183 Å². The Morgan fingerprint density at radius 1 is 1.09 bits per heavy atom. The van der Waals surface area contributed by atoms with Crippen LogP contribution in [0.3, 0.4) is 0 Å². The van der Waals surface area contributed by atoms with E-state index in [1.165, 1.54) is 5.56 Å². The molecule has 3 rings (SSSR count). The van der Waals surface area contributed by atoms with Gasteiger partial charge < -0.3 is 10.8 Å². The number of hydrogen-bond acceptors (Lipinski definition) is 5. The molecule has 174 valence electrons. The van der Waals surface area contributed by atoms with E-state index >= 15 is 0 Å². The first-order chi connectivity index (χ1) is 15.4. The van der Waals surface area contributed by atoms with Gasteiger partial charge in [0.15, 0.2) is 11.5 Å². The van der Waals surface area contributed by atoms with Gasteiger partial charge in [-0.05, 0) is 30.7 Å². The third kappa shape index (κ3) is 5.80. The summed E-state index contributed by atoms with van der Waals surface area (Å²) < 4.78 is 53.0. The molecule has 0 amide bonds. The lowest BCUT2D eigenvalue weighted by Crippen LogP contribution is -2.31. The van der Waals surface area contributed by atoms with Crippen LogP contribution in [0.1, 0.15) is 34.6 Å². The van der Waals surface area contributed by atoms with Gasteiger partial charge in [0.1, 0.15) is 11.3 Å². The number of halogens is 4. The van der Waals surface area contributed by atoms with Crippen molar-refractivity contribution in [3.8, 4) is 5.69 Å². The fourth-order valence-corrected chi connectivity index (χ4v) is 2.77. The lowest BCUT2D eigenvalue weighted by molar-refractivity contribution is -0.384. The van der Waals surface area contributed by atoms with Crippen LogP contribution in [-0.4, -0.2) is 20.6 Å². The number of alkyl halides is 3. The van der Waals surface area contributed by atoms with Crippen molar-refractivity contribution in [2.24, 2.45) is 5.73 Å². The van der Waals surface area contributed by atoms with E-state index in [0.717, 1.165) is 6.07 Å². The molecule has 1 aromatic heterocycles. The Morgan fingerprint density at radius 2 is 1.70 bits per heavy atom. The second kappa shape index (κ2) is 10.0. The topological polar surface area (TPSA) is 128 Å². The number of aromatic carboxylic acids is 1. The number of nitrogens with two attached hydrogens (primary N) is 1. The molecule has 33 heavy (non-hydrogen) atoms. The smallest absolute Gasteiger partial charge is 0.431 e. The molecule has 0 aliphatic rings.